The van der Waals surface area contributed by atoms with Gasteiger partial charge in [-0.2, -0.15) is 0 Å². The molecule has 132 valence electrons. The number of carbonyl (C=O) groups excluding carboxylic acids is 2. The van der Waals surface area contributed by atoms with Gasteiger partial charge in [-0.05, 0) is 18.1 Å². The quantitative estimate of drug-likeness (QED) is 0.735. The molecule has 1 saturated heterocycles. The van der Waals surface area contributed by atoms with Gasteiger partial charge < -0.3 is 15.5 Å². The average Bonchev–Trinajstić information content (AvgIpc) is 2.61. The van der Waals surface area contributed by atoms with Crippen LogP contribution < -0.4 is 10.6 Å². The summed E-state index contributed by atoms with van der Waals surface area (Å²) >= 11 is 0. The molecule has 0 aliphatic carbocycles. The van der Waals surface area contributed by atoms with Crippen molar-refractivity contribution in [3.8, 4) is 0 Å². The van der Waals surface area contributed by atoms with Gasteiger partial charge in [-0.3, -0.25) is 19.5 Å². The molecule has 0 spiro atoms. The van der Waals surface area contributed by atoms with Gasteiger partial charge in [0.25, 0.3) is 0 Å². The monoisotopic (exact) mass is 333 g/mol. The van der Waals surface area contributed by atoms with E-state index in [1.165, 1.54) is 4.90 Å². The molecule has 2 amide bonds. The SMILES string of the molecule is CCCNC(=O)CN(C)C(=O)CN1CCNCC1c1cccnc1. The van der Waals surface area contributed by atoms with Crippen LogP contribution >= 0.6 is 0 Å². The van der Waals surface area contributed by atoms with Crippen molar-refractivity contribution in [3.05, 3.63) is 30.1 Å². The minimum atomic E-state index is -0.114. The molecule has 0 aromatic carbocycles. The predicted octanol–water partition coefficient (Wildman–Crippen LogP) is 0.0125. The Morgan fingerprint density at radius 1 is 1.50 bits per heavy atom. The normalized spacial score (nSPS) is 18.2. The van der Waals surface area contributed by atoms with Crippen molar-refractivity contribution in [1.29, 1.82) is 0 Å². The highest BCUT2D eigenvalue weighted by Crippen LogP contribution is 2.21. The van der Waals surface area contributed by atoms with Crippen LogP contribution in [0, 0.1) is 0 Å². The first-order valence-corrected chi connectivity index (χ1v) is 8.47. The number of rotatable bonds is 7. The molecule has 1 aromatic rings. The highest BCUT2D eigenvalue weighted by Gasteiger charge is 2.26. The Kier molecular flexibility index (Phi) is 7.14. The number of aromatic nitrogens is 1. The standard InChI is InChI=1S/C17H27N5O2/c1-3-6-20-16(23)12-21(2)17(24)13-22-9-8-19-11-15(22)14-5-4-7-18-10-14/h4-5,7,10,15,19H,3,6,8-9,11-13H2,1-2H3,(H,20,23). The molecular weight excluding hydrogens is 306 g/mol. The highest BCUT2D eigenvalue weighted by atomic mass is 16.2. The summed E-state index contributed by atoms with van der Waals surface area (Å²) in [4.78, 5) is 32.0. The third-order valence-electron chi connectivity index (χ3n) is 4.14. The summed E-state index contributed by atoms with van der Waals surface area (Å²) in [6.07, 6.45) is 4.48. The first kappa shape index (κ1) is 18.4. The lowest BCUT2D eigenvalue weighted by molar-refractivity contribution is -0.136. The van der Waals surface area contributed by atoms with Gasteiger partial charge in [0.15, 0.2) is 0 Å². The molecule has 0 saturated carbocycles. The fourth-order valence-electron chi connectivity index (χ4n) is 2.76. The van der Waals surface area contributed by atoms with E-state index in [1.54, 1.807) is 13.2 Å². The van der Waals surface area contributed by atoms with Crippen LogP contribution in [0.4, 0.5) is 0 Å². The van der Waals surface area contributed by atoms with E-state index in [1.807, 2.05) is 25.3 Å². The van der Waals surface area contributed by atoms with Crippen LogP contribution in [-0.2, 0) is 9.59 Å². The summed E-state index contributed by atoms with van der Waals surface area (Å²) in [6.45, 7) is 5.48. The molecule has 1 aliphatic rings. The number of piperazine rings is 1. The summed E-state index contributed by atoms with van der Waals surface area (Å²) in [5.41, 5.74) is 1.10. The molecule has 1 aliphatic heterocycles. The smallest absolute Gasteiger partial charge is 0.239 e. The van der Waals surface area contributed by atoms with Crippen molar-refractivity contribution in [3.63, 3.8) is 0 Å². The van der Waals surface area contributed by atoms with Gasteiger partial charge in [-0.15, -0.1) is 0 Å². The summed E-state index contributed by atoms with van der Waals surface area (Å²) in [7, 11) is 1.68. The van der Waals surface area contributed by atoms with E-state index in [2.05, 4.69) is 20.5 Å². The summed E-state index contributed by atoms with van der Waals surface area (Å²) < 4.78 is 0. The third-order valence-corrected chi connectivity index (χ3v) is 4.14. The molecule has 1 fully saturated rings. The number of pyridine rings is 1. The molecule has 1 aromatic heterocycles. The Hall–Kier alpha value is -1.99. The molecule has 2 heterocycles. The molecule has 2 N–H and O–H groups in total. The number of nitrogens with zero attached hydrogens (tertiary/aromatic N) is 3. The van der Waals surface area contributed by atoms with E-state index in [0.717, 1.165) is 31.6 Å². The van der Waals surface area contributed by atoms with E-state index < -0.39 is 0 Å². The number of nitrogens with one attached hydrogen (secondary N) is 2. The van der Waals surface area contributed by atoms with E-state index in [-0.39, 0.29) is 24.4 Å². The molecule has 1 atom stereocenters. The summed E-state index contributed by atoms with van der Waals surface area (Å²) in [6, 6.07) is 4.07. The molecule has 0 bridgehead atoms. The van der Waals surface area contributed by atoms with Crippen LogP contribution in [-0.4, -0.2) is 72.9 Å². The van der Waals surface area contributed by atoms with Crippen molar-refractivity contribution in [1.82, 2.24) is 25.4 Å². The maximum absolute atomic E-state index is 12.5. The largest absolute Gasteiger partial charge is 0.355 e. The lowest BCUT2D eigenvalue weighted by Gasteiger charge is -2.36. The van der Waals surface area contributed by atoms with Crippen molar-refractivity contribution in [2.75, 3.05) is 46.3 Å². The van der Waals surface area contributed by atoms with Crippen molar-refractivity contribution < 1.29 is 9.59 Å². The van der Waals surface area contributed by atoms with Gasteiger partial charge in [0.1, 0.15) is 0 Å². The average molecular weight is 333 g/mol. The van der Waals surface area contributed by atoms with Crippen LogP contribution in [0.25, 0.3) is 0 Å². The van der Waals surface area contributed by atoms with Crippen LogP contribution in [0.5, 0.6) is 0 Å². The maximum Gasteiger partial charge on any atom is 0.239 e. The third kappa shape index (κ3) is 5.28. The second-order valence-electron chi connectivity index (χ2n) is 6.08. The lowest BCUT2D eigenvalue weighted by Crippen LogP contribution is -2.50. The molecule has 2 rings (SSSR count). The second kappa shape index (κ2) is 9.34. The number of hydrogen-bond acceptors (Lipinski definition) is 5. The van der Waals surface area contributed by atoms with Crippen molar-refractivity contribution in [2.45, 2.75) is 19.4 Å². The fourth-order valence-corrected chi connectivity index (χ4v) is 2.76. The molecule has 1 unspecified atom stereocenters. The molecule has 0 radical (unpaired) electrons. The zero-order valence-electron chi connectivity index (χ0n) is 14.5. The van der Waals surface area contributed by atoms with Crippen molar-refractivity contribution in [2.24, 2.45) is 0 Å². The van der Waals surface area contributed by atoms with Gasteiger partial charge >= 0.3 is 0 Å². The van der Waals surface area contributed by atoms with E-state index in [9.17, 15) is 9.59 Å². The minimum absolute atomic E-state index is 0.0440. The molecule has 7 heteroatoms. The summed E-state index contributed by atoms with van der Waals surface area (Å²) in [5.74, 6) is -0.158. The Balaban J connectivity index is 1.92. The summed E-state index contributed by atoms with van der Waals surface area (Å²) in [5, 5.41) is 6.15. The second-order valence-corrected chi connectivity index (χ2v) is 6.08. The molecule has 24 heavy (non-hydrogen) atoms. The topological polar surface area (TPSA) is 77.6 Å². The Morgan fingerprint density at radius 2 is 2.33 bits per heavy atom. The zero-order valence-corrected chi connectivity index (χ0v) is 14.5. The predicted molar refractivity (Wildman–Crippen MR) is 92.4 cm³/mol. The van der Waals surface area contributed by atoms with Gasteiger partial charge in [-0.1, -0.05) is 13.0 Å². The Labute approximate surface area is 143 Å². The van der Waals surface area contributed by atoms with Gasteiger partial charge in [0.05, 0.1) is 13.1 Å². The van der Waals surface area contributed by atoms with Crippen LogP contribution in [0.3, 0.4) is 0 Å². The number of carbonyl (C=O) groups is 2. The molecule has 7 nitrogen and oxygen atoms in total. The molecular formula is C17H27N5O2. The van der Waals surface area contributed by atoms with Crippen LogP contribution in [0.15, 0.2) is 24.5 Å². The van der Waals surface area contributed by atoms with Crippen LogP contribution in [0.2, 0.25) is 0 Å². The van der Waals surface area contributed by atoms with Gasteiger partial charge in [0.2, 0.25) is 11.8 Å². The minimum Gasteiger partial charge on any atom is -0.355 e. The van der Waals surface area contributed by atoms with E-state index >= 15 is 0 Å². The lowest BCUT2D eigenvalue weighted by atomic mass is 10.1. The maximum atomic E-state index is 12.5. The van der Waals surface area contributed by atoms with E-state index in [0.29, 0.717) is 13.1 Å². The zero-order chi connectivity index (χ0) is 17.4. The van der Waals surface area contributed by atoms with E-state index in [4.69, 9.17) is 0 Å². The number of amides is 2. The number of likely N-dealkylation sites (N-methyl/N-ethyl adjacent to an activating group) is 1. The fraction of sp³-hybridized carbons (Fsp3) is 0.588. The Bertz CT molecular complexity index is 537. The van der Waals surface area contributed by atoms with Crippen LogP contribution in [0.1, 0.15) is 24.9 Å². The highest BCUT2D eigenvalue weighted by molar-refractivity contribution is 5.85. The Morgan fingerprint density at radius 3 is 3.04 bits per heavy atom. The number of hydrogen-bond donors (Lipinski definition) is 2. The van der Waals surface area contributed by atoms with Gasteiger partial charge in [0, 0.05) is 51.7 Å². The van der Waals surface area contributed by atoms with Crippen molar-refractivity contribution >= 4 is 11.8 Å². The first-order chi connectivity index (χ1) is 11.6. The van der Waals surface area contributed by atoms with Gasteiger partial charge in [-0.25, -0.2) is 0 Å². The first-order valence-electron chi connectivity index (χ1n) is 8.47.